The molecule has 3 rings (SSSR count). The minimum Gasteiger partial charge on any atom is -0.466 e. The summed E-state index contributed by atoms with van der Waals surface area (Å²) in [7, 11) is -0.694. The Morgan fingerprint density at radius 2 is 1.79 bits per heavy atom. The lowest BCUT2D eigenvalue weighted by Crippen LogP contribution is -2.22. The van der Waals surface area contributed by atoms with E-state index >= 15 is 0 Å². The normalized spacial score (nSPS) is 11.8. The second kappa shape index (κ2) is 7.56. The first-order valence-corrected chi connectivity index (χ1v) is 9.72. The molecule has 0 amide bonds. The highest BCUT2D eigenvalue weighted by atomic mass is 32.2. The number of nitrogens with zero attached hydrogens (tertiary/aromatic N) is 3. The molecule has 0 saturated heterocycles. The molecule has 0 atom stereocenters. The molecular formula is C18H19N3O6S. The van der Waals surface area contributed by atoms with Crippen LogP contribution in [0.1, 0.15) is 27.8 Å². The van der Waals surface area contributed by atoms with Gasteiger partial charge < -0.3 is 13.6 Å². The maximum atomic E-state index is 12.2. The summed E-state index contributed by atoms with van der Waals surface area (Å²) in [6.07, 6.45) is 0. The zero-order chi connectivity index (χ0) is 20.5. The maximum absolute atomic E-state index is 12.2. The highest BCUT2D eigenvalue weighted by Gasteiger charge is 2.19. The van der Waals surface area contributed by atoms with Gasteiger partial charge in [0.05, 0.1) is 16.0 Å². The Balaban J connectivity index is 1.66. The van der Waals surface area contributed by atoms with Gasteiger partial charge in [0.25, 0.3) is 11.8 Å². The number of rotatable bonds is 6. The van der Waals surface area contributed by atoms with Gasteiger partial charge in [-0.15, -0.1) is 10.2 Å². The lowest BCUT2D eigenvalue weighted by molar-refractivity contribution is 0.0438. The number of aromatic nitrogens is 2. The predicted octanol–water partition coefficient (Wildman–Crippen LogP) is 2.55. The van der Waals surface area contributed by atoms with E-state index < -0.39 is 16.0 Å². The molecule has 0 fully saturated rings. The van der Waals surface area contributed by atoms with Gasteiger partial charge in [0.15, 0.2) is 6.61 Å². The molecule has 3 aromatic rings. The van der Waals surface area contributed by atoms with Crippen molar-refractivity contribution in [2.45, 2.75) is 25.3 Å². The van der Waals surface area contributed by atoms with Crippen LogP contribution >= 0.6 is 0 Å². The Labute approximate surface area is 162 Å². The Kier molecular flexibility index (Phi) is 5.34. The molecule has 2 aromatic heterocycles. The van der Waals surface area contributed by atoms with E-state index in [0.29, 0.717) is 11.3 Å². The largest absolute Gasteiger partial charge is 0.466 e. The van der Waals surface area contributed by atoms with E-state index in [9.17, 15) is 13.2 Å². The number of hydrogen-bond acceptors (Lipinski definition) is 8. The highest BCUT2D eigenvalue weighted by molar-refractivity contribution is 7.89. The number of ether oxygens (including phenoxy) is 1. The Bertz CT molecular complexity index is 1100. The molecule has 0 aliphatic carbocycles. The van der Waals surface area contributed by atoms with Gasteiger partial charge in [0.1, 0.15) is 11.5 Å². The van der Waals surface area contributed by atoms with Crippen molar-refractivity contribution < 1.29 is 26.8 Å². The quantitative estimate of drug-likeness (QED) is 0.575. The number of carbonyl (C=O) groups excluding carboxylic acids is 1. The van der Waals surface area contributed by atoms with E-state index in [2.05, 4.69) is 10.2 Å². The summed E-state index contributed by atoms with van der Waals surface area (Å²) < 4.78 is 41.3. The molecule has 0 aliphatic heterocycles. The lowest BCUT2D eigenvalue weighted by atomic mass is 10.2. The van der Waals surface area contributed by atoms with Crippen LogP contribution in [0.5, 0.6) is 0 Å². The Morgan fingerprint density at radius 1 is 1.11 bits per heavy atom. The molecule has 0 N–H and O–H groups in total. The first kappa shape index (κ1) is 19.8. The third-order valence-electron chi connectivity index (χ3n) is 3.93. The standard InChI is InChI=1S/C18H19N3O6S/c1-11-9-15(12(2)26-11)17-20-19-16(27-17)10-25-18(22)13-5-7-14(8-6-13)28(23,24)21(3)4/h5-9H,10H2,1-4H3. The summed E-state index contributed by atoms with van der Waals surface area (Å²) in [4.78, 5) is 12.2. The first-order chi connectivity index (χ1) is 13.2. The molecule has 148 valence electrons. The minimum absolute atomic E-state index is 0.0846. The fourth-order valence-corrected chi connectivity index (χ4v) is 3.35. The number of hydrogen-bond donors (Lipinski definition) is 0. The van der Waals surface area contributed by atoms with Crippen molar-refractivity contribution >= 4 is 16.0 Å². The van der Waals surface area contributed by atoms with E-state index in [-0.39, 0.29) is 28.8 Å². The van der Waals surface area contributed by atoms with Crippen LogP contribution in [0.15, 0.2) is 44.1 Å². The first-order valence-electron chi connectivity index (χ1n) is 8.28. The van der Waals surface area contributed by atoms with E-state index in [4.69, 9.17) is 13.6 Å². The molecular weight excluding hydrogens is 386 g/mol. The monoisotopic (exact) mass is 405 g/mol. The zero-order valence-electron chi connectivity index (χ0n) is 15.8. The zero-order valence-corrected chi connectivity index (χ0v) is 16.6. The van der Waals surface area contributed by atoms with Crippen molar-refractivity contribution in [1.82, 2.24) is 14.5 Å². The van der Waals surface area contributed by atoms with Crippen molar-refractivity contribution in [2.75, 3.05) is 14.1 Å². The van der Waals surface area contributed by atoms with Crippen LogP contribution in [-0.4, -0.2) is 43.0 Å². The molecule has 28 heavy (non-hydrogen) atoms. The fourth-order valence-electron chi connectivity index (χ4n) is 2.45. The Morgan fingerprint density at radius 3 is 2.36 bits per heavy atom. The summed E-state index contributed by atoms with van der Waals surface area (Å²) in [5.74, 6) is 1.15. The summed E-state index contributed by atoms with van der Waals surface area (Å²) in [6.45, 7) is 3.39. The second-order valence-corrected chi connectivity index (χ2v) is 8.37. The van der Waals surface area contributed by atoms with Gasteiger partial charge >= 0.3 is 5.97 Å². The number of carbonyl (C=O) groups is 1. The number of benzene rings is 1. The van der Waals surface area contributed by atoms with Crippen molar-refractivity contribution in [2.24, 2.45) is 0 Å². The van der Waals surface area contributed by atoms with E-state index in [1.54, 1.807) is 13.0 Å². The third-order valence-corrected chi connectivity index (χ3v) is 5.76. The summed E-state index contributed by atoms with van der Waals surface area (Å²) >= 11 is 0. The van der Waals surface area contributed by atoms with E-state index in [1.807, 2.05) is 6.92 Å². The molecule has 0 unspecified atom stereocenters. The second-order valence-electron chi connectivity index (χ2n) is 6.22. The third kappa shape index (κ3) is 3.97. The van der Waals surface area contributed by atoms with Crippen molar-refractivity contribution in [3.63, 3.8) is 0 Å². The van der Waals surface area contributed by atoms with Crippen LogP contribution in [0.25, 0.3) is 11.5 Å². The highest BCUT2D eigenvalue weighted by Crippen LogP contribution is 2.25. The van der Waals surface area contributed by atoms with Crippen LogP contribution in [0.2, 0.25) is 0 Å². The van der Waals surface area contributed by atoms with Crippen LogP contribution in [0, 0.1) is 13.8 Å². The molecule has 0 aliphatic rings. The average Bonchev–Trinajstić information content (AvgIpc) is 3.25. The van der Waals surface area contributed by atoms with Gasteiger partial charge in [-0.3, -0.25) is 0 Å². The molecule has 9 nitrogen and oxygen atoms in total. The van der Waals surface area contributed by atoms with Crippen LogP contribution in [-0.2, 0) is 21.4 Å². The Hall–Kier alpha value is -2.98. The predicted molar refractivity (Wildman–Crippen MR) is 97.9 cm³/mol. The minimum atomic E-state index is -3.56. The average molecular weight is 405 g/mol. The fraction of sp³-hybridized carbons (Fsp3) is 0.278. The molecule has 0 saturated carbocycles. The van der Waals surface area contributed by atoms with Gasteiger partial charge in [-0.2, -0.15) is 0 Å². The van der Waals surface area contributed by atoms with Gasteiger partial charge in [-0.25, -0.2) is 17.5 Å². The molecule has 0 radical (unpaired) electrons. The molecule has 1 aromatic carbocycles. The number of esters is 1. The number of sulfonamides is 1. The summed E-state index contributed by atoms with van der Waals surface area (Å²) in [6, 6.07) is 7.24. The van der Waals surface area contributed by atoms with Crippen LogP contribution in [0.3, 0.4) is 0 Å². The maximum Gasteiger partial charge on any atom is 0.338 e. The molecule has 2 heterocycles. The lowest BCUT2D eigenvalue weighted by Gasteiger charge is -2.11. The van der Waals surface area contributed by atoms with E-state index in [1.165, 1.54) is 38.4 Å². The van der Waals surface area contributed by atoms with Gasteiger partial charge in [0, 0.05) is 14.1 Å². The summed E-state index contributed by atoms with van der Waals surface area (Å²) in [5.41, 5.74) is 0.888. The van der Waals surface area contributed by atoms with Crippen molar-refractivity contribution in [1.29, 1.82) is 0 Å². The van der Waals surface area contributed by atoms with Crippen molar-refractivity contribution in [3.05, 3.63) is 53.3 Å². The van der Waals surface area contributed by atoms with Gasteiger partial charge in [0.2, 0.25) is 10.0 Å². The van der Waals surface area contributed by atoms with Gasteiger partial charge in [-0.05, 0) is 44.2 Å². The van der Waals surface area contributed by atoms with Crippen LogP contribution in [0.4, 0.5) is 0 Å². The SMILES string of the molecule is Cc1cc(-c2nnc(COC(=O)c3ccc(S(=O)(=O)N(C)C)cc3)o2)c(C)o1. The smallest absolute Gasteiger partial charge is 0.338 e. The molecule has 0 bridgehead atoms. The summed E-state index contributed by atoms with van der Waals surface area (Å²) in [5, 5.41) is 7.78. The molecule has 0 spiro atoms. The molecule has 10 heteroatoms. The van der Waals surface area contributed by atoms with Crippen molar-refractivity contribution in [3.8, 4) is 11.5 Å². The topological polar surface area (TPSA) is 116 Å². The van der Waals surface area contributed by atoms with Crippen LogP contribution < -0.4 is 0 Å². The van der Waals surface area contributed by atoms with Gasteiger partial charge in [-0.1, -0.05) is 0 Å². The van der Waals surface area contributed by atoms with E-state index in [0.717, 1.165) is 10.1 Å². The number of furan rings is 1. The number of aryl methyl sites for hydroxylation is 2.